The van der Waals surface area contributed by atoms with E-state index in [1.165, 1.54) is 0 Å². The zero-order chi connectivity index (χ0) is 8.60. The molecule has 3 heteroatoms. The Kier molecular flexibility index (Phi) is 1.40. The maximum absolute atomic E-state index is 10.8. The van der Waals surface area contributed by atoms with Gasteiger partial charge in [0.15, 0.2) is 0 Å². The molecule has 0 radical (unpaired) electrons. The van der Waals surface area contributed by atoms with E-state index in [-0.39, 0.29) is 11.4 Å². The van der Waals surface area contributed by atoms with Crippen molar-refractivity contribution < 1.29 is 4.79 Å². The minimum Gasteiger partial charge on any atom is -0.346 e. The van der Waals surface area contributed by atoms with Crippen LogP contribution in [0.1, 0.15) is 18.9 Å². The second kappa shape index (κ2) is 2.30. The van der Waals surface area contributed by atoms with Crippen molar-refractivity contribution in [3.05, 3.63) is 30.1 Å². The molecule has 2 heterocycles. The Morgan fingerprint density at radius 3 is 2.92 bits per heavy atom. The van der Waals surface area contributed by atoms with Gasteiger partial charge in [-0.05, 0) is 18.6 Å². The molecule has 0 aromatic carbocycles. The number of hydrogen-bond acceptors (Lipinski definition) is 2. The maximum atomic E-state index is 10.8. The van der Waals surface area contributed by atoms with E-state index in [2.05, 4.69) is 10.3 Å². The molecule has 1 aliphatic heterocycles. The zero-order valence-electron chi connectivity index (χ0n) is 6.87. The Labute approximate surface area is 70.8 Å². The summed E-state index contributed by atoms with van der Waals surface area (Å²) in [5.74, 6) is 0.112. The van der Waals surface area contributed by atoms with Crippen LogP contribution in [0.4, 0.5) is 0 Å². The van der Waals surface area contributed by atoms with Crippen molar-refractivity contribution >= 4 is 5.91 Å². The Bertz CT molecular complexity index is 300. The van der Waals surface area contributed by atoms with Crippen LogP contribution in [0.2, 0.25) is 0 Å². The quantitative estimate of drug-likeness (QED) is 0.621. The molecule has 2 rings (SSSR count). The summed E-state index contributed by atoms with van der Waals surface area (Å²) in [6.45, 7) is 2.01. The topological polar surface area (TPSA) is 42.0 Å². The standard InChI is InChI=1S/C9H10N2O/c1-9(5-8(12)11-9)7-3-2-4-10-6-7/h2-4,6H,5H2,1H3,(H,11,12). The summed E-state index contributed by atoms with van der Waals surface area (Å²) in [5.41, 5.74) is 0.898. The van der Waals surface area contributed by atoms with Crippen LogP contribution in [-0.4, -0.2) is 10.9 Å². The van der Waals surface area contributed by atoms with Gasteiger partial charge in [0.1, 0.15) is 0 Å². The van der Waals surface area contributed by atoms with Gasteiger partial charge in [-0.15, -0.1) is 0 Å². The van der Waals surface area contributed by atoms with Gasteiger partial charge in [0.2, 0.25) is 5.91 Å². The first-order valence-corrected chi connectivity index (χ1v) is 3.92. The molecular formula is C9H10N2O. The average molecular weight is 162 g/mol. The summed E-state index contributed by atoms with van der Waals surface area (Å²) in [7, 11) is 0. The number of carbonyl (C=O) groups excluding carboxylic acids is 1. The van der Waals surface area contributed by atoms with E-state index in [4.69, 9.17) is 0 Å². The Balaban J connectivity index is 2.27. The van der Waals surface area contributed by atoms with Crippen molar-refractivity contribution in [3.8, 4) is 0 Å². The van der Waals surface area contributed by atoms with E-state index in [0.29, 0.717) is 6.42 Å². The number of nitrogens with one attached hydrogen (secondary N) is 1. The lowest BCUT2D eigenvalue weighted by molar-refractivity contribution is -0.132. The first kappa shape index (κ1) is 7.28. The Morgan fingerprint density at radius 1 is 1.67 bits per heavy atom. The summed E-state index contributed by atoms with van der Waals surface area (Å²) in [6, 6.07) is 3.86. The fraction of sp³-hybridized carbons (Fsp3) is 0.333. The van der Waals surface area contributed by atoms with Crippen LogP contribution in [0.5, 0.6) is 0 Å². The molecule has 1 aliphatic rings. The van der Waals surface area contributed by atoms with Crippen LogP contribution in [-0.2, 0) is 10.3 Å². The molecule has 1 fully saturated rings. The van der Waals surface area contributed by atoms with Crippen molar-refractivity contribution in [2.45, 2.75) is 18.9 Å². The first-order valence-electron chi connectivity index (χ1n) is 3.92. The van der Waals surface area contributed by atoms with Gasteiger partial charge in [-0.3, -0.25) is 9.78 Å². The number of hydrogen-bond donors (Lipinski definition) is 1. The summed E-state index contributed by atoms with van der Waals surface area (Å²) >= 11 is 0. The SMILES string of the molecule is CC1(c2cccnc2)CC(=O)N1. The summed E-state index contributed by atoms with van der Waals surface area (Å²) in [6.07, 6.45) is 4.09. The highest BCUT2D eigenvalue weighted by atomic mass is 16.2. The highest BCUT2D eigenvalue weighted by molar-refractivity contribution is 5.85. The zero-order valence-corrected chi connectivity index (χ0v) is 6.87. The van der Waals surface area contributed by atoms with E-state index < -0.39 is 0 Å². The van der Waals surface area contributed by atoms with Gasteiger partial charge in [-0.25, -0.2) is 0 Å². The van der Waals surface area contributed by atoms with Crippen LogP contribution in [0.25, 0.3) is 0 Å². The third-order valence-corrected chi connectivity index (χ3v) is 2.23. The molecular weight excluding hydrogens is 152 g/mol. The monoisotopic (exact) mass is 162 g/mol. The van der Waals surface area contributed by atoms with Crippen molar-refractivity contribution in [2.75, 3.05) is 0 Å². The molecule has 1 amide bonds. The van der Waals surface area contributed by atoms with Crippen molar-refractivity contribution in [3.63, 3.8) is 0 Å². The highest BCUT2D eigenvalue weighted by Crippen LogP contribution is 2.30. The maximum Gasteiger partial charge on any atom is 0.223 e. The highest BCUT2D eigenvalue weighted by Gasteiger charge is 2.39. The molecule has 62 valence electrons. The van der Waals surface area contributed by atoms with Gasteiger partial charge in [-0.1, -0.05) is 6.07 Å². The fourth-order valence-electron chi connectivity index (χ4n) is 1.47. The van der Waals surface area contributed by atoms with Gasteiger partial charge in [0, 0.05) is 12.4 Å². The lowest BCUT2D eigenvalue weighted by Gasteiger charge is -2.39. The molecule has 1 aromatic rings. The van der Waals surface area contributed by atoms with Gasteiger partial charge in [0.05, 0.1) is 12.0 Å². The molecule has 0 bridgehead atoms. The molecule has 0 saturated carbocycles. The normalized spacial score (nSPS) is 27.6. The second-order valence-electron chi connectivity index (χ2n) is 3.30. The van der Waals surface area contributed by atoms with Crippen LogP contribution in [0, 0.1) is 0 Å². The number of amides is 1. The van der Waals surface area contributed by atoms with Crippen molar-refractivity contribution in [1.82, 2.24) is 10.3 Å². The lowest BCUT2D eigenvalue weighted by atomic mass is 9.83. The summed E-state index contributed by atoms with van der Waals surface area (Å²) in [5, 5.41) is 2.86. The number of β-lactam (4-membered cyclic amide) rings is 1. The van der Waals surface area contributed by atoms with Crippen molar-refractivity contribution in [1.29, 1.82) is 0 Å². The molecule has 1 aromatic heterocycles. The lowest BCUT2D eigenvalue weighted by Crippen LogP contribution is -2.56. The third kappa shape index (κ3) is 0.978. The Morgan fingerprint density at radius 2 is 2.42 bits per heavy atom. The average Bonchev–Trinajstić information content (AvgIpc) is 2.04. The number of nitrogens with zero attached hydrogens (tertiary/aromatic N) is 1. The molecule has 12 heavy (non-hydrogen) atoms. The predicted molar refractivity (Wildman–Crippen MR) is 44.3 cm³/mol. The van der Waals surface area contributed by atoms with E-state index in [1.807, 2.05) is 19.1 Å². The smallest absolute Gasteiger partial charge is 0.223 e. The largest absolute Gasteiger partial charge is 0.346 e. The van der Waals surface area contributed by atoms with Gasteiger partial charge >= 0.3 is 0 Å². The van der Waals surface area contributed by atoms with Crippen LogP contribution in [0.3, 0.4) is 0 Å². The number of carbonyl (C=O) groups is 1. The molecule has 3 nitrogen and oxygen atoms in total. The summed E-state index contributed by atoms with van der Waals surface area (Å²) in [4.78, 5) is 14.8. The molecule has 1 N–H and O–H groups in total. The predicted octanol–water partition coefficient (Wildman–Crippen LogP) is 0.817. The Hall–Kier alpha value is -1.38. The number of rotatable bonds is 1. The second-order valence-corrected chi connectivity index (χ2v) is 3.30. The van der Waals surface area contributed by atoms with Crippen LogP contribution in [0.15, 0.2) is 24.5 Å². The molecule has 1 saturated heterocycles. The number of pyridine rings is 1. The van der Waals surface area contributed by atoms with Crippen LogP contribution >= 0.6 is 0 Å². The van der Waals surface area contributed by atoms with Crippen LogP contribution < -0.4 is 5.32 Å². The minimum atomic E-state index is -0.175. The van der Waals surface area contributed by atoms with Gasteiger partial charge in [0.25, 0.3) is 0 Å². The third-order valence-electron chi connectivity index (χ3n) is 2.23. The molecule has 1 atom stereocenters. The fourth-order valence-corrected chi connectivity index (χ4v) is 1.47. The van der Waals surface area contributed by atoms with Crippen molar-refractivity contribution in [2.24, 2.45) is 0 Å². The molecule has 0 aliphatic carbocycles. The molecule has 1 unspecified atom stereocenters. The van der Waals surface area contributed by atoms with E-state index in [0.717, 1.165) is 5.56 Å². The summed E-state index contributed by atoms with van der Waals surface area (Å²) < 4.78 is 0. The molecule has 0 spiro atoms. The minimum absolute atomic E-state index is 0.112. The van der Waals surface area contributed by atoms with Gasteiger partial charge in [-0.2, -0.15) is 0 Å². The first-order chi connectivity index (χ1) is 5.71. The van der Waals surface area contributed by atoms with Gasteiger partial charge < -0.3 is 5.32 Å². The van der Waals surface area contributed by atoms with E-state index in [9.17, 15) is 4.79 Å². The number of aromatic nitrogens is 1. The van der Waals surface area contributed by atoms with E-state index in [1.54, 1.807) is 12.4 Å². The van der Waals surface area contributed by atoms with E-state index >= 15 is 0 Å².